The van der Waals surface area contributed by atoms with Crippen molar-refractivity contribution in [3.8, 4) is 0 Å². The van der Waals surface area contributed by atoms with Gasteiger partial charge in [0.2, 0.25) is 0 Å². The van der Waals surface area contributed by atoms with E-state index in [4.69, 9.17) is 11.6 Å². The van der Waals surface area contributed by atoms with Gasteiger partial charge in [-0.05, 0) is 24.6 Å². The van der Waals surface area contributed by atoms with E-state index in [0.717, 1.165) is 22.0 Å². The molecule has 0 aliphatic carbocycles. The molecule has 1 N–H and O–H groups in total. The maximum Gasteiger partial charge on any atom is 0.176 e. The van der Waals surface area contributed by atoms with Gasteiger partial charge < -0.3 is 0 Å². The molecular formula is C20H16ClFN6. The number of aryl methyl sites for hydroxylation is 1. The van der Waals surface area contributed by atoms with E-state index in [1.807, 2.05) is 31.2 Å². The average Bonchev–Trinajstić information content (AvgIpc) is 2.97. The molecule has 4 aromatic rings. The van der Waals surface area contributed by atoms with Crippen LogP contribution in [0.4, 0.5) is 10.2 Å². The van der Waals surface area contributed by atoms with Crippen molar-refractivity contribution < 1.29 is 4.39 Å². The number of hydrogen-bond donors (Lipinski definition) is 1. The number of nitrogens with zero attached hydrogens (tertiary/aromatic N) is 5. The molecule has 140 valence electrons. The van der Waals surface area contributed by atoms with E-state index in [-0.39, 0.29) is 5.82 Å². The summed E-state index contributed by atoms with van der Waals surface area (Å²) in [5.74, 6) is 0.281. The van der Waals surface area contributed by atoms with Crippen LogP contribution >= 0.6 is 11.6 Å². The molecule has 0 radical (unpaired) electrons. The first-order valence-corrected chi connectivity index (χ1v) is 8.96. The van der Waals surface area contributed by atoms with Crippen molar-refractivity contribution in [2.75, 3.05) is 5.43 Å². The molecule has 0 amide bonds. The van der Waals surface area contributed by atoms with Gasteiger partial charge in [-0.1, -0.05) is 48.0 Å². The molecule has 2 heterocycles. The minimum absolute atomic E-state index is 0.276. The average molecular weight is 395 g/mol. The fraction of sp³-hybridized carbons (Fsp3) is 0.100. The van der Waals surface area contributed by atoms with Gasteiger partial charge in [0.05, 0.1) is 30.2 Å². The maximum atomic E-state index is 13.1. The van der Waals surface area contributed by atoms with Crippen LogP contribution in [-0.2, 0) is 6.54 Å². The van der Waals surface area contributed by atoms with E-state index < -0.39 is 0 Å². The molecule has 0 aliphatic heterocycles. The molecule has 0 aliphatic rings. The van der Waals surface area contributed by atoms with Gasteiger partial charge in [0.25, 0.3) is 0 Å². The SMILES string of the molecule is Cc1nn(Cc2ccc(F)cc2)c(Cl)c1C=NNc1nncc2ccccc12. The Morgan fingerprint density at radius 1 is 1.18 bits per heavy atom. The summed E-state index contributed by atoms with van der Waals surface area (Å²) in [6.07, 6.45) is 3.31. The van der Waals surface area contributed by atoms with Crippen molar-refractivity contribution in [3.05, 3.63) is 82.5 Å². The topological polar surface area (TPSA) is 68.0 Å². The van der Waals surface area contributed by atoms with E-state index >= 15 is 0 Å². The standard InChI is InChI=1S/C20H16ClFN6/c1-13-18(19(21)28(27-13)12-14-6-8-16(22)9-7-14)11-24-26-20-17-5-3-2-4-15(17)10-23-25-20/h2-11H,12H2,1H3,(H,25,26). The van der Waals surface area contributed by atoms with Gasteiger partial charge in [0, 0.05) is 10.8 Å². The number of halogens is 2. The van der Waals surface area contributed by atoms with Crippen molar-refractivity contribution in [1.82, 2.24) is 20.0 Å². The van der Waals surface area contributed by atoms with Crippen LogP contribution < -0.4 is 5.43 Å². The Morgan fingerprint density at radius 2 is 1.96 bits per heavy atom. The van der Waals surface area contributed by atoms with Gasteiger partial charge in [-0.3, -0.25) is 5.43 Å². The zero-order valence-electron chi connectivity index (χ0n) is 15.0. The van der Waals surface area contributed by atoms with Crippen LogP contribution in [0.2, 0.25) is 5.15 Å². The molecule has 0 atom stereocenters. The summed E-state index contributed by atoms with van der Waals surface area (Å²) in [7, 11) is 0. The highest BCUT2D eigenvalue weighted by atomic mass is 35.5. The fourth-order valence-corrected chi connectivity index (χ4v) is 3.13. The molecule has 0 saturated carbocycles. The Balaban J connectivity index is 1.54. The van der Waals surface area contributed by atoms with Crippen LogP contribution in [0.25, 0.3) is 10.8 Å². The lowest BCUT2D eigenvalue weighted by Gasteiger charge is -2.04. The summed E-state index contributed by atoms with van der Waals surface area (Å²) in [6, 6.07) is 14.0. The predicted octanol–water partition coefficient (Wildman–Crippen LogP) is 4.42. The van der Waals surface area contributed by atoms with Crippen LogP contribution in [0, 0.1) is 12.7 Å². The molecular weight excluding hydrogens is 379 g/mol. The van der Waals surface area contributed by atoms with Gasteiger partial charge in [-0.25, -0.2) is 9.07 Å². The number of anilines is 1. The molecule has 0 fully saturated rings. The first-order chi connectivity index (χ1) is 13.6. The summed E-state index contributed by atoms with van der Waals surface area (Å²) in [4.78, 5) is 0. The summed E-state index contributed by atoms with van der Waals surface area (Å²) in [6.45, 7) is 2.29. The number of rotatable bonds is 5. The van der Waals surface area contributed by atoms with Gasteiger partial charge >= 0.3 is 0 Å². The summed E-state index contributed by atoms with van der Waals surface area (Å²) >= 11 is 6.47. The number of hydrogen-bond acceptors (Lipinski definition) is 5. The largest absolute Gasteiger partial charge is 0.259 e. The minimum atomic E-state index is -0.276. The number of benzene rings is 2. The molecule has 4 rings (SSSR count). The lowest BCUT2D eigenvalue weighted by Crippen LogP contribution is -2.02. The van der Waals surface area contributed by atoms with Crippen molar-refractivity contribution in [2.45, 2.75) is 13.5 Å². The molecule has 2 aromatic carbocycles. The van der Waals surface area contributed by atoms with Crippen LogP contribution in [0.5, 0.6) is 0 Å². The van der Waals surface area contributed by atoms with E-state index in [0.29, 0.717) is 23.1 Å². The highest BCUT2D eigenvalue weighted by Crippen LogP contribution is 2.21. The van der Waals surface area contributed by atoms with Crippen LogP contribution in [0.15, 0.2) is 59.8 Å². The highest BCUT2D eigenvalue weighted by Gasteiger charge is 2.12. The van der Waals surface area contributed by atoms with Crippen molar-refractivity contribution in [3.63, 3.8) is 0 Å². The second-order valence-electron chi connectivity index (χ2n) is 6.22. The highest BCUT2D eigenvalue weighted by molar-refractivity contribution is 6.32. The third kappa shape index (κ3) is 3.70. The molecule has 28 heavy (non-hydrogen) atoms. The molecule has 2 aromatic heterocycles. The van der Waals surface area contributed by atoms with E-state index in [1.54, 1.807) is 29.2 Å². The first kappa shape index (κ1) is 18.1. The lowest BCUT2D eigenvalue weighted by molar-refractivity contribution is 0.624. The first-order valence-electron chi connectivity index (χ1n) is 8.58. The minimum Gasteiger partial charge on any atom is -0.259 e. The van der Waals surface area contributed by atoms with Crippen LogP contribution in [0.1, 0.15) is 16.8 Å². The third-order valence-corrected chi connectivity index (χ3v) is 4.69. The Bertz CT molecular complexity index is 1150. The monoisotopic (exact) mass is 394 g/mol. The van der Waals surface area contributed by atoms with Crippen molar-refractivity contribution in [2.24, 2.45) is 5.10 Å². The second-order valence-corrected chi connectivity index (χ2v) is 6.58. The Morgan fingerprint density at radius 3 is 2.79 bits per heavy atom. The Kier molecular flexibility index (Phi) is 4.99. The number of aromatic nitrogens is 4. The molecule has 0 bridgehead atoms. The quantitative estimate of drug-likeness (QED) is 0.402. The van der Waals surface area contributed by atoms with Gasteiger partial charge in [0.1, 0.15) is 11.0 Å². The molecule has 0 saturated heterocycles. The zero-order valence-corrected chi connectivity index (χ0v) is 15.7. The Hall–Kier alpha value is -3.32. The summed E-state index contributed by atoms with van der Waals surface area (Å²) < 4.78 is 14.7. The van der Waals surface area contributed by atoms with E-state index in [2.05, 4.69) is 25.8 Å². The van der Waals surface area contributed by atoms with Crippen LogP contribution in [-0.4, -0.2) is 26.2 Å². The molecule has 8 heteroatoms. The number of nitrogens with one attached hydrogen (secondary N) is 1. The summed E-state index contributed by atoms with van der Waals surface area (Å²) in [5.41, 5.74) is 5.25. The van der Waals surface area contributed by atoms with E-state index in [1.165, 1.54) is 12.1 Å². The predicted molar refractivity (Wildman–Crippen MR) is 108 cm³/mol. The maximum absolute atomic E-state index is 13.1. The van der Waals surface area contributed by atoms with Gasteiger partial charge in [-0.15, -0.1) is 5.10 Å². The number of hydrazone groups is 1. The molecule has 0 unspecified atom stereocenters. The molecule has 6 nitrogen and oxygen atoms in total. The van der Waals surface area contributed by atoms with Crippen molar-refractivity contribution in [1.29, 1.82) is 0 Å². The Labute approximate surface area is 165 Å². The van der Waals surface area contributed by atoms with Crippen LogP contribution in [0.3, 0.4) is 0 Å². The normalized spacial score (nSPS) is 11.4. The fourth-order valence-electron chi connectivity index (χ4n) is 2.85. The smallest absolute Gasteiger partial charge is 0.176 e. The van der Waals surface area contributed by atoms with Crippen molar-refractivity contribution >= 4 is 34.4 Å². The zero-order chi connectivity index (χ0) is 19.5. The second kappa shape index (κ2) is 7.74. The summed E-state index contributed by atoms with van der Waals surface area (Å²) in [5, 5.41) is 19.1. The lowest BCUT2D eigenvalue weighted by atomic mass is 10.2. The number of fused-ring (bicyclic) bond motifs is 1. The molecule has 0 spiro atoms. The van der Waals surface area contributed by atoms with E-state index in [9.17, 15) is 4.39 Å². The van der Waals surface area contributed by atoms with Gasteiger partial charge in [-0.2, -0.15) is 15.3 Å². The third-order valence-electron chi connectivity index (χ3n) is 4.29. The van der Waals surface area contributed by atoms with Gasteiger partial charge in [0.15, 0.2) is 5.82 Å².